The van der Waals surface area contributed by atoms with Crippen molar-refractivity contribution in [3.63, 3.8) is 0 Å². The van der Waals surface area contributed by atoms with Gasteiger partial charge in [-0.15, -0.1) is 11.3 Å². The molecule has 0 fully saturated rings. The molecule has 0 atom stereocenters. The Kier molecular flexibility index (Phi) is 6.51. The highest BCUT2D eigenvalue weighted by Crippen LogP contribution is 2.21. The summed E-state index contributed by atoms with van der Waals surface area (Å²) < 4.78 is 5.33. The molecule has 19 heavy (non-hydrogen) atoms. The number of esters is 1. The summed E-state index contributed by atoms with van der Waals surface area (Å²) in [4.78, 5) is 34.5. The number of amides is 2. The first kappa shape index (κ1) is 15.6. The lowest BCUT2D eigenvalue weighted by molar-refractivity contribution is -0.143. The van der Waals surface area contributed by atoms with Crippen LogP contribution in [0.5, 0.6) is 0 Å². The third kappa shape index (κ3) is 5.39. The summed E-state index contributed by atoms with van der Waals surface area (Å²) in [6.45, 7) is 1.55. The molecule has 6 nitrogen and oxygen atoms in total. The van der Waals surface area contributed by atoms with Gasteiger partial charge in [0.05, 0.1) is 13.2 Å². The zero-order valence-electron chi connectivity index (χ0n) is 10.2. The van der Waals surface area contributed by atoms with E-state index < -0.39 is 11.9 Å². The smallest absolute Gasteiger partial charge is 0.325 e. The van der Waals surface area contributed by atoms with Gasteiger partial charge < -0.3 is 15.4 Å². The van der Waals surface area contributed by atoms with Crippen molar-refractivity contribution in [1.29, 1.82) is 0 Å². The van der Waals surface area contributed by atoms with Crippen LogP contribution < -0.4 is 10.6 Å². The number of carbonyl (C=O) groups excluding carboxylic acids is 3. The van der Waals surface area contributed by atoms with Crippen molar-refractivity contribution in [3.8, 4) is 0 Å². The largest absolute Gasteiger partial charge is 0.465 e. The van der Waals surface area contributed by atoms with Crippen LogP contribution in [0, 0.1) is 0 Å². The van der Waals surface area contributed by atoms with Crippen molar-refractivity contribution in [2.45, 2.75) is 6.92 Å². The lowest BCUT2D eigenvalue weighted by Crippen LogP contribution is -2.39. The number of hydrogen-bond donors (Lipinski definition) is 2. The van der Waals surface area contributed by atoms with Crippen molar-refractivity contribution >= 4 is 45.1 Å². The van der Waals surface area contributed by atoms with E-state index in [4.69, 9.17) is 0 Å². The zero-order chi connectivity index (χ0) is 14.3. The SMILES string of the molecule is CCOC(=O)CNC(=O)CNC(=O)c1sccc1Br. The van der Waals surface area contributed by atoms with E-state index in [0.717, 1.165) is 0 Å². The molecule has 0 aliphatic carbocycles. The van der Waals surface area contributed by atoms with E-state index in [1.54, 1.807) is 18.4 Å². The van der Waals surface area contributed by atoms with Crippen molar-refractivity contribution < 1.29 is 19.1 Å². The molecule has 1 aromatic rings. The Labute approximate surface area is 122 Å². The predicted molar refractivity (Wildman–Crippen MR) is 74.0 cm³/mol. The van der Waals surface area contributed by atoms with Crippen LogP contribution in [0.1, 0.15) is 16.6 Å². The Hall–Kier alpha value is -1.41. The predicted octanol–water partition coefficient (Wildman–Crippen LogP) is 0.920. The molecule has 0 bridgehead atoms. The second-order valence-corrected chi connectivity index (χ2v) is 5.13. The molecule has 0 radical (unpaired) electrons. The number of rotatable bonds is 6. The molecular formula is C11H13BrN2O4S. The van der Waals surface area contributed by atoms with Gasteiger partial charge in [0, 0.05) is 4.47 Å². The molecule has 0 unspecified atom stereocenters. The van der Waals surface area contributed by atoms with Crippen LogP contribution in [0.3, 0.4) is 0 Å². The maximum atomic E-state index is 11.7. The Bertz CT molecular complexity index is 475. The summed E-state index contributed by atoms with van der Waals surface area (Å²) in [5, 5.41) is 6.57. The van der Waals surface area contributed by atoms with E-state index in [2.05, 4.69) is 31.3 Å². The van der Waals surface area contributed by atoms with E-state index in [-0.39, 0.29) is 25.6 Å². The molecule has 0 saturated carbocycles. The van der Waals surface area contributed by atoms with Crippen LogP contribution >= 0.6 is 27.3 Å². The first-order valence-electron chi connectivity index (χ1n) is 5.48. The average molecular weight is 349 g/mol. The molecule has 0 aliphatic rings. The summed E-state index contributed by atoms with van der Waals surface area (Å²) in [6.07, 6.45) is 0. The third-order valence-corrected chi connectivity index (χ3v) is 3.80. The minimum atomic E-state index is -0.511. The fourth-order valence-corrected chi connectivity index (χ4v) is 2.61. The van der Waals surface area contributed by atoms with E-state index in [0.29, 0.717) is 9.35 Å². The summed E-state index contributed by atoms with van der Waals surface area (Å²) in [7, 11) is 0. The van der Waals surface area contributed by atoms with Gasteiger partial charge in [-0.3, -0.25) is 14.4 Å². The molecule has 0 aromatic carbocycles. The highest BCUT2D eigenvalue weighted by atomic mass is 79.9. The summed E-state index contributed by atoms with van der Waals surface area (Å²) >= 11 is 4.50. The van der Waals surface area contributed by atoms with Crippen molar-refractivity contribution in [1.82, 2.24) is 10.6 Å². The van der Waals surface area contributed by atoms with Crippen LogP contribution in [-0.4, -0.2) is 37.5 Å². The summed E-state index contributed by atoms with van der Waals surface area (Å²) in [5.74, 6) is -1.30. The molecule has 0 spiro atoms. The lowest BCUT2D eigenvalue weighted by Gasteiger charge is -2.06. The fourth-order valence-electron chi connectivity index (χ4n) is 1.14. The first-order chi connectivity index (χ1) is 9.04. The van der Waals surface area contributed by atoms with E-state index in [1.807, 2.05) is 0 Å². The van der Waals surface area contributed by atoms with Gasteiger partial charge in [0.1, 0.15) is 11.4 Å². The lowest BCUT2D eigenvalue weighted by atomic mass is 10.4. The minimum absolute atomic E-state index is 0.192. The van der Waals surface area contributed by atoms with Crippen LogP contribution in [0.4, 0.5) is 0 Å². The molecule has 8 heteroatoms. The fraction of sp³-hybridized carbons (Fsp3) is 0.364. The highest BCUT2D eigenvalue weighted by molar-refractivity contribution is 9.10. The maximum Gasteiger partial charge on any atom is 0.325 e. The topological polar surface area (TPSA) is 84.5 Å². The van der Waals surface area contributed by atoms with E-state index in [1.165, 1.54) is 11.3 Å². The van der Waals surface area contributed by atoms with Crippen LogP contribution in [-0.2, 0) is 14.3 Å². The first-order valence-corrected chi connectivity index (χ1v) is 7.15. The Balaban J connectivity index is 2.29. The van der Waals surface area contributed by atoms with Gasteiger partial charge >= 0.3 is 5.97 Å². The third-order valence-electron chi connectivity index (χ3n) is 1.97. The van der Waals surface area contributed by atoms with Gasteiger partial charge in [-0.25, -0.2) is 0 Å². The second kappa shape index (κ2) is 7.90. The van der Waals surface area contributed by atoms with Crippen LogP contribution in [0.25, 0.3) is 0 Å². The molecule has 1 aromatic heterocycles. The van der Waals surface area contributed by atoms with E-state index in [9.17, 15) is 14.4 Å². The minimum Gasteiger partial charge on any atom is -0.465 e. The van der Waals surface area contributed by atoms with Gasteiger partial charge in [0.15, 0.2) is 0 Å². The Morgan fingerprint density at radius 2 is 2.05 bits per heavy atom. The molecule has 2 amide bonds. The van der Waals surface area contributed by atoms with Crippen molar-refractivity contribution in [2.24, 2.45) is 0 Å². The van der Waals surface area contributed by atoms with Gasteiger partial charge in [-0.05, 0) is 34.3 Å². The average Bonchev–Trinajstić information content (AvgIpc) is 2.80. The second-order valence-electron chi connectivity index (χ2n) is 3.36. The number of ether oxygens (including phenoxy) is 1. The standard InChI is InChI=1S/C11H13BrN2O4S/c1-2-18-9(16)6-13-8(15)5-14-11(17)10-7(12)3-4-19-10/h3-4H,2,5-6H2,1H3,(H,13,15)(H,14,17). The normalized spacial score (nSPS) is 9.79. The maximum absolute atomic E-state index is 11.7. The quantitative estimate of drug-likeness (QED) is 0.748. The number of thiophene rings is 1. The Morgan fingerprint density at radius 3 is 2.63 bits per heavy atom. The van der Waals surface area contributed by atoms with Crippen molar-refractivity contribution in [3.05, 3.63) is 20.8 Å². The summed E-state index contributed by atoms with van der Waals surface area (Å²) in [5.41, 5.74) is 0. The molecule has 0 aliphatic heterocycles. The van der Waals surface area contributed by atoms with Gasteiger partial charge in [0.25, 0.3) is 5.91 Å². The van der Waals surface area contributed by atoms with Crippen molar-refractivity contribution in [2.75, 3.05) is 19.7 Å². The van der Waals surface area contributed by atoms with Crippen LogP contribution in [0.2, 0.25) is 0 Å². The molecule has 2 N–H and O–H groups in total. The highest BCUT2D eigenvalue weighted by Gasteiger charge is 2.13. The van der Waals surface area contributed by atoms with E-state index >= 15 is 0 Å². The molecular weight excluding hydrogens is 336 g/mol. The molecule has 1 rings (SSSR count). The van der Waals surface area contributed by atoms with Gasteiger partial charge in [0.2, 0.25) is 5.91 Å². The van der Waals surface area contributed by atoms with Gasteiger partial charge in [-0.1, -0.05) is 0 Å². The molecule has 0 saturated heterocycles. The number of halogens is 1. The number of carbonyl (C=O) groups is 3. The number of nitrogens with one attached hydrogen (secondary N) is 2. The monoisotopic (exact) mass is 348 g/mol. The number of hydrogen-bond acceptors (Lipinski definition) is 5. The van der Waals surface area contributed by atoms with Gasteiger partial charge in [-0.2, -0.15) is 0 Å². The molecule has 104 valence electrons. The summed E-state index contributed by atoms with van der Waals surface area (Å²) in [6, 6.07) is 1.75. The Morgan fingerprint density at radius 1 is 1.32 bits per heavy atom. The molecule has 1 heterocycles. The zero-order valence-corrected chi connectivity index (χ0v) is 12.6. The van der Waals surface area contributed by atoms with Crippen LogP contribution in [0.15, 0.2) is 15.9 Å².